The van der Waals surface area contributed by atoms with Gasteiger partial charge in [0.2, 0.25) is 0 Å². The zero-order chi connectivity index (χ0) is 10.8. The lowest BCUT2D eigenvalue weighted by molar-refractivity contribution is -0.149. The summed E-state index contributed by atoms with van der Waals surface area (Å²) in [6.07, 6.45) is 0.571. The molecular formula is C10H19NO3. The molecule has 1 rings (SSSR count). The molecular weight excluding hydrogens is 182 g/mol. The van der Waals surface area contributed by atoms with Crippen molar-refractivity contribution < 1.29 is 14.6 Å². The SMILES string of the molecule is COCCC(C(=O)O)N1CC(C)(C)C1. The van der Waals surface area contributed by atoms with Crippen LogP contribution < -0.4 is 0 Å². The van der Waals surface area contributed by atoms with Gasteiger partial charge < -0.3 is 9.84 Å². The van der Waals surface area contributed by atoms with Crippen LogP contribution in [0.5, 0.6) is 0 Å². The Hall–Kier alpha value is -0.610. The second-order valence-corrected chi connectivity index (χ2v) is 4.70. The summed E-state index contributed by atoms with van der Waals surface area (Å²) in [6, 6.07) is -0.372. The number of carbonyl (C=O) groups is 1. The van der Waals surface area contributed by atoms with E-state index < -0.39 is 5.97 Å². The third kappa shape index (κ3) is 2.69. The number of hydrogen-bond acceptors (Lipinski definition) is 3. The van der Waals surface area contributed by atoms with E-state index in [9.17, 15) is 4.79 Å². The largest absolute Gasteiger partial charge is 0.480 e. The van der Waals surface area contributed by atoms with Crippen molar-refractivity contribution in [3.63, 3.8) is 0 Å². The molecule has 0 bridgehead atoms. The van der Waals surface area contributed by atoms with Gasteiger partial charge in [-0.3, -0.25) is 9.69 Å². The number of nitrogens with zero attached hydrogens (tertiary/aromatic N) is 1. The van der Waals surface area contributed by atoms with E-state index in [2.05, 4.69) is 13.8 Å². The molecule has 1 heterocycles. The molecule has 1 aliphatic heterocycles. The Morgan fingerprint density at radius 3 is 2.50 bits per heavy atom. The summed E-state index contributed by atoms with van der Waals surface area (Å²) < 4.78 is 4.90. The summed E-state index contributed by atoms with van der Waals surface area (Å²) in [5, 5.41) is 9.01. The van der Waals surface area contributed by atoms with Gasteiger partial charge in [-0.2, -0.15) is 0 Å². The van der Waals surface area contributed by atoms with Crippen molar-refractivity contribution in [3.05, 3.63) is 0 Å². The maximum Gasteiger partial charge on any atom is 0.321 e. The molecule has 1 atom stereocenters. The Kier molecular flexibility index (Phi) is 3.50. The fraction of sp³-hybridized carbons (Fsp3) is 0.900. The third-order valence-corrected chi connectivity index (χ3v) is 2.58. The smallest absolute Gasteiger partial charge is 0.321 e. The highest BCUT2D eigenvalue weighted by molar-refractivity contribution is 5.73. The summed E-state index contributed by atoms with van der Waals surface area (Å²) in [6.45, 7) is 6.55. The monoisotopic (exact) mass is 201 g/mol. The molecule has 1 aliphatic rings. The summed E-state index contributed by atoms with van der Waals surface area (Å²) in [4.78, 5) is 13.0. The van der Waals surface area contributed by atoms with Crippen LogP contribution in [0.1, 0.15) is 20.3 Å². The molecule has 1 fully saturated rings. The molecule has 0 aromatic carbocycles. The Labute approximate surface area is 84.8 Å². The molecule has 0 spiro atoms. The molecule has 0 aromatic heterocycles. The van der Waals surface area contributed by atoms with Crippen molar-refractivity contribution in [2.24, 2.45) is 5.41 Å². The van der Waals surface area contributed by atoms with Crippen LogP contribution in [-0.2, 0) is 9.53 Å². The molecule has 4 nitrogen and oxygen atoms in total. The fourth-order valence-electron chi connectivity index (χ4n) is 1.97. The minimum Gasteiger partial charge on any atom is -0.480 e. The second-order valence-electron chi connectivity index (χ2n) is 4.70. The molecule has 0 aromatic rings. The Morgan fingerprint density at radius 2 is 2.14 bits per heavy atom. The summed E-state index contributed by atoms with van der Waals surface area (Å²) in [5.41, 5.74) is 0.279. The van der Waals surface area contributed by atoms with Crippen LogP contribution in [0, 0.1) is 5.41 Å². The number of ether oxygens (including phenoxy) is 1. The maximum absolute atomic E-state index is 11.0. The van der Waals surface area contributed by atoms with Gasteiger partial charge >= 0.3 is 5.97 Å². The van der Waals surface area contributed by atoms with E-state index in [0.717, 1.165) is 13.1 Å². The van der Waals surface area contributed by atoms with E-state index in [0.29, 0.717) is 13.0 Å². The van der Waals surface area contributed by atoms with Gasteiger partial charge in [-0.05, 0) is 11.8 Å². The summed E-state index contributed by atoms with van der Waals surface area (Å²) in [7, 11) is 1.60. The molecule has 1 N–H and O–H groups in total. The van der Waals surface area contributed by atoms with E-state index in [1.54, 1.807) is 7.11 Å². The van der Waals surface area contributed by atoms with Crippen molar-refractivity contribution in [1.82, 2.24) is 4.90 Å². The molecule has 0 amide bonds. The van der Waals surface area contributed by atoms with Crippen molar-refractivity contribution in [2.75, 3.05) is 26.8 Å². The number of likely N-dealkylation sites (tertiary alicyclic amines) is 1. The first-order valence-corrected chi connectivity index (χ1v) is 4.92. The summed E-state index contributed by atoms with van der Waals surface area (Å²) in [5.74, 6) is -0.738. The van der Waals surface area contributed by atoms with Gasteiger partial charge in [0.1, 0.15) is 6.04 Å². The topological polar surface area (TPSA) is 49.8 Å². The standard InChI is InChI=1S/C10H19NO3/c1-10(2)6-11(7-10)8(9(12)13)4-5-14-3/h8H,4-7H2,1-3H3,(H,12,13). The van der Waals surface area contributed by atoms with Crippen molar-refractivity contribution in [2.45, 2.75) is 26.3 Å². The highest BCUT2D eigenvalue weighted by Crippen LogP contribution is 2.31. The normalized spacial score (nSPS) is 22.8. The van der Waals surface area contributed by atoms with Crippen LogP contribution in [0.15, 0.2) is 0 Å². The fourth-order valence-corrected chi connectivity index (χ4v) is 1.97. The first kappa shape index (κ1) is 11.5. The average Bonchev–Trinajstić information content (AvgIpc) is 2.01. The third-order valence-electron chi connectivity index (χ3n) is 2.58. The zero-order valence-corrected chi connectivity index (χ0v) is 9.12. The van der Waals surface area contributed by atoms with E-state index in [1.807, 2.05) is 4.90 Å². The lowest BCUT2D eigenvalue weighted by Crippen LogP contribution is -2.59. The lowest BCUT2D eigenvalue weighted by Gasteiger charge is -2.48. The van der Waals surface area contributed by atoms with E-state index in [1.165, 1.54) is 0 Å². The van der Waals surface area contributed by atoms with Gasteiger partial charge in [0.05, 0.1) is 0 Å². The van der Waals surface area contributed by atoms with Gasteiger partial charge in [-0.15, -0.1) is 0 Å². The Balaban J connectivity index is 2.41. The van der Waals surface area contributed by atoms with Crippen LogP contribution >= 0.6 is 0 Å². The number of carboxylic acid groups (broad SMARTS) is 1. The number of rotatable bonds is 5. The van der Waals surface area contributed by atoms with Crippen LogP contribution in [0.3, 0.4) is 0 Å². The van der Waals surface area contributed by atoms with Crippen molar-refractivity contribution in [1.29, 1.82) is 0 Å². The Bertz CT molecular complexity index is 207. The van der Waals surface area contributed by atoms with Crippen molar-refractivity contribution in [3.8, 4) is 0 Å². The predicted molar refractivity (Wildman–Crippen MR) is 53.3 cm³/mol. The molecule has 0 aliphatic carbocycles. The average molecular weight is 201 g/mol. The first-order valence-electron chi connectivity index (χ1n) is 4.92. The van der Waals surface area contributed by atoms with Crippen LogP contribution in [0.4, 0.5) is 0 Å². The highest BCUT2D eigenvalue weighted by Gasteiger charge is 2.40. The second kappa shape index (κ2) is 4.28. The molecule has 1 unspecified atom stereocenters. The highest BCUT2D eigenvalue weighted by atomic mass is 16.5. The number of carboxylic acids is 1. The van der Waals surface area contributed by atoms with Crippen molar-refractivity contribution >= 4 is 5.97 Å². The molecule has 1 saturated heterocycles. The number of methoxy groups -OCH3 is 1. The van der Waals surface area contributed by atoms with Crippen LogP contribution in [0.2, 0.25) is 0 Å². The summed E-state index contributed by atoms with van der Waals surface area (Å²) >= 11 is 0. The molecule has 82 valence electrons. The molecule has 14 heavy (non-hydrogen) atoms. The molecule has 4 heteroatoms. The van der Waals surface area contributed by atoms with Gasteiger partial charge in [0.15, 0.2) is 0 Å². The van der Waals surface area contributed by atoms with E-state index >= 15 is 0 Å². The molecule has 0 saturated carbocycles. The zero-order valence-electron chi connectivity index (χ0n) is 9.12. The first-order chi connectivity index (χ1) is 6.46. The minimum atomic E-state index is -0.738. The van der Waals surface area contributed by atoms with Crippen LogP contribution in [0.25, 0.3) is 0 Å². The predicted octanol–water partition coefficient (Wildman–Crippen LogP) is 0.818. The van der Waals surface area contributed by atoms with Gasteiger partial charge in [0, 0.05) is 26.8 Å². The Morgan fingerprint density at radius 1 is 1.57 bits per heavy atom. The van der Waals surface area contributed by atoms with Gasteiger partial charge in [-0.25, -0.2) is 0 Å². The van der Waals surface area contributed by atoms with Gasteiger partial charge in [-0.1, -0.05) is 13.8 Å². The van der Waals surface area contributed by atoms with E-state index in [-0.39, 0.29) is 11.5 Å². The lowest BCUT2D eigenvalue weighted by atomic mass is 9.83. The van der Waals surface area contributed by atoms with E-state index in [4.69, 9.17) is 9.84 Å². The quantitative estimate of drug-likeness (QED) is 0.715. The van der Waals surface area contributed by atoms with Gasteiger partial charge in [0.25, 0.3) is 0 Å². The number of aliphatic carboxylic acids is 1. The molecule has 0 radical (unpaired) electrons. The number of hydrogen-bond donors (Lipinski definition) is 1. The maximum atomic E-state index is 11.0. The minimum absolute atomic E-state index is 0.279. The van der Waals surface area contributed by atoms with Crippen LogP contribution in [-0.4, -0.2) is 48.8 Å².